The number of carbonyl (C=O) groups excluding carboxylic acids is 1. The first-order valence-electron chi connectivity index (χ1n) is 3.99. The van der Waals surface area contributed by atoms with E-state index in [4.69, 9.17) is 4.74 Å². The number of morpholine rings is 1. The Morgan fingerprint density at radius 3 is 2.75 bits per heavy atom. The summed E-state index contributed by atoms with van der Waals surface area (Å²) in [6.07, 6.45) is -0.442. The lowest BCUT2D eigenvalue weighted by molar-refractivity contribution is -0.158. The molecule has 4 heteroatoms. The Morgan fingerprint density at radius 2 is 2.33 bits per heavy atom. The Kier molecular flexibility index (Phi) is 2.69. The van der Waals surface area contributed by atoms with Crippen LogP contribution in [0.4, 0.5) is 0 Å². The van der Waals surface area contributed by atoms with Crippen LogP contribution in [0.1, 0.15) is 13.8 Å². The van der Waals surface area contributed by atoms with E-state index < -0.39 is 6.10 Å². The molecule has 0 saturated carbocycles. The largest absolute Gasteiger partial charge is 0.467 e. The van der Waals surface area contributed by atoms with Gasteiger partial charge in [-0.25, -0.2) is 4.79 Å². The standard InChI is InChI=1S/C8H15NO3/c1-8(2)5-12-6(4-9-8)7(10)11-3/h6,9H,4-5H2,1-3H3. The maximum atomic E-state index is 11.0. The van der Waals surface area contributed by atoms with Gasteiger partial charge in [-0.2, -0.15) is 0 Å². The molecular weight excluding hydrogens is 158 g/mol. The fraction of sp³-hybridized carbons (Fsp3) is 0.875. The topological polar surface area (TPSA) is 47.6 Å². The van der Waals surface area contributed by atoms with Gasteiger partial charge < -0.3 is 14.8 Å². The van der Waals surface area contributed by atoms with Crippen molar-refractivity contribution < 1.29 is 14.3 Å². The molecule has 1 atom stereocenters. The minimum absolute atomic E-state index is 0.0372. The average molecular weight is 173 g/mol. The van der Waals surface area contributed by atoms with E-state index in [2.05, 4.69) is 10.1 Å². The summed E-state index contributed by atoms with van der Waals surface area (Å²) in [4.78, 5) is 11.0. The second-order valence-corrected chi connectivity index (χ2v) is 3.59. The van der Waals surface area contributed by atoms with Crippen LogP contribution >= 0.6 is 0 Å². The number of esters is 1. The number of nitrogens with one attached hydrogen (secondary N) is 1. The highest BCUT2D eigenvalue weighted by molar-refractivity contribution is 5.74. The van der Waals surface area contributed by atoms with Crippen LogP contribution in [0.3, 0.4) is 0 Å². The molecular formula is C8H15NO3. The molecule has 1 unspecified atom stereocenters. The van der Waals surface area contributed by atoms with Crippen LogP contribution in [0.2, 0.25) is 0 Å². The fourth-order valence-corrected chi connectivity index (χ4v) is 1.07. The minimum atomic E-state index is -0.442. The lowest BCUT2D eigenvalue weighted by Crippen LogP contribution is -2.55. The van der Waals surface area contributed by atoms with Crippen LogP contribution in [-0.2, 0) is 14.3 Å². The molecule has 0 amide bonds. The number of methoxy groups -OCH3 is 1. The average Bonchev–Trinajstić information content (AvgIpc) is 2.03. The van der Waals surface area contributed by atoms with Crippen LogP contribution < -0.4 is 5.32 Å². The van der Waals surface area contributed by atoms with E-state index >= 15 is 0 Å². The van der Waals surface area contributed by atoms with Gasteiger partial charge in [0.2, 0.25) is 0 Å². The lowest BCUT2D eigenvalue weighted by Gasteiger charge is -2.34. The highest BCUT2D eigenvalue weighted by atomic mass is 16.6. The van der Waals surface area contributed by atoms with Crippen molar-refractivity contribution >= 4 is 5.97 Å². The van der Waals surface area contributed by atoms with Gasteiger partial charge in [-0.3, -0.25) is 0 Å². The van der Waals surface area contributed by atoms with Crippen LogP contribution in [0.15, 0.2) is 0 Å². The summed E-state index contributed by atoms with van der Waals surface area (Å²) >= 11 is 0. The summed E-state index contributed by atoms with van der Waals surface area (Å²) in [5.74, 6) is -0.307. The summed E-state index contributed by atoms with van der Waals surface area (Å²) < 4.78 is 9.86. The summed E-state index contributed by atoms with van der Waals surface area (Å²) in [6.45, 7) is 5.12. The molecule has 1 N–H and O–H groups in total. The molecule has 1 fully saturated rings. The van der Waals surface area contributed by atoms with Gasteiger partial charge in [0.15, 0.2) is 6.10 Å². The highest BCUT2D eigenvalue weighted by Gasteiger charge is 2.31. The van der Waals surface area contributed by atoms with Crippen molar-refractivity contribution in [1.29, 1.82) is 0 Å². The van der Waals surface area contributed by atoms with Gasteiger partial charge in [0.05, 0.1) is 13.7 Å². The predicted molar refractivity (Wildman–Crippen MR) is 43.8 cm³/mol. The quantitative estimate of drug-likeness (QED) is 0.564. The molecule has 0 bridgehead atoms. The van der Waals surface area contributed by atoms with E-state index in [0.29, 0.717) is 13.2 Å². The zero-order valence-corrected chi connectivity index (χ0v) is 7.72. The molecule has 0 spiro atoms. The molecule has 4 nitrogen and oxygen atoms in total. The van der Waals surface area contributed by atoms with Crippen molar-refractivity contribution in [2.24, 2.45) is 0 Å². The molecule has 0 aromatic heterocycles. The van der Waals surface area contributed by atoms with E-state index in [9.17, 15) is 4.79 Å². The number of rotatable bonds is 1. The molecule has 1 aliphatic rings. The molecule has 0 radical (unpaired) electrons. The van der Waals surface area contributed by atoms with Crippen LogP contribution in [-0.4, -0.2) is 37.9 Å². The van der Waals surface area contributed by atoms with Crippen molar-refractivity contribution in [2.45, 2.75) is 25.5 Å². The summed E-state index contributed by atoms with van der Waals surface area (Å²) in [6, 6.07) is 0. The lowest BCUT2D eigenvalue weighted by atomic mass is 10.0. The van der Waals surface area contributed by atoms with E-state index in [1.165, 1.54) is 7.11 Å². The Bertz CT molecular complexity index is 169. The van der Waals surface area contributed by atoms with Gasteiger partial charge in [0.1, 0.15) is 0 Å². The third kappa shape index (κ3) is 2.19. The SMILES string of the molecule is COC(=O)C1CNC(C)(C)CO1. The zero-order valence-electron chi connectivity index (χ0n) is 7.72. The Labute approximate surface area is 72.2 Å². The monoisotopic (exact) mass is 173 g/mol. The minimum Gasteiger partial charge on any atom is -0.467 e. The summed E-state index contributed by atoms with van der Waals surface area (Å²) in [5.41, 5.74) is -0.0372. The highest BCUT2D eigenvalue weighted by Crippen LogP contribution is 2.11. The van der Waals surface area contributed by atoms with E-state index in [-0.39, 0.29) is 11.5 Å². The predicted octanol–water partition coefficient (Wildman–Crippen LogP) is -0.0736. The van der Waals surface area contributed by atoms with E-state index in [1.807, 2.05) is 13.8 Å². The molecule has 0 aromatic rings. The Morgan fingerprint density at radius 1 is 1.67 bits per heavy atom. The van der Waals surface area contributed by atoms with Gasteiger partial charge in [-0.1, -0.05) is 0 Å². The summed E-state index contributed by atoms with van der Waals surface area (Å²) in [5, 5.41) is 3.20. The molecule has 1 rings (SSSR count). The number of hydrogen-bond acceptors (Lipinski definition) is 4. The first kappa shape index (κ1) is 9.48. The summed E-state index contributed by atoms with van der Waals surface area (Å²) in [7, 11) is 1.37. The number of hydrogen-bond donors (Lipinski definition) is 1. The van der Waals surface area contributed by atoms with Gasteiger partial charge in [-0.15, -0.1) is 0 Å². The molecule has 1 saturated heterocycles. The second-order valence-electron chi connectivity index (χ2n) is 3.59. The van der Waals surface area contributed by atoms with Crippen molar-refractivity contribution in [2.75, 3.05) is 20.3 Å². The smallest absolute Gasteiger partial charge is 0.336 e. The molecule has 0 aliphatic carbocycles. The Hall–Kier alpha value is -0.610. The van der Waals surface area contributed by atoms with Crippen molar-refractivity contribution in [3.63, 3.8) is 0 Å². The first-order chi connectivity index (χ1) is 5.55. The molecule has 70 valence electrons. The molecule has 1 aliphatic heterocycles. The normalized spacial score (nSPS) is 28.1. The number of carbonyl (C=O) groups is 1. The third-order valence-electron chi connectivity index (χ3n) is 1.88. The van der Waals surface area contributed by atoms with E-state index in [0.717, 1.165) is 0 Å². The third-order valence-corrected chi connectivity index (χ3v) is 1.88. The maximum absolute atomic E-state index is 11.0. The van der Waals surface area contributed by atoms with Gasteiger partial charge in [-0.05, 0) is 13.8 Å². The van der Waals surface area contributed by atoms with Crippen LogP contribution in [0, 0.1) is 0 Å². The second kappa shape index (κ2) is 3.41. The fourth-order valence-electron chi connectivity index (χ4n) is 1.07. The zero-order chi connectivity index (χ0) is 9.19. The van der Waals surface area contributed by atoms with Crippen molar-refractivity contribution in [3.8, 4) is 0 Å². The first-order valence-corrected chi connectivity index (χ1v) is 3.99. The van der Waals surface area contributed by atoms with E-state index in [1.54, 1.807) is 0 Å². The van der Waals surface area contributed by atoms with Crippen LogP contribution in [0.5, 0.6) is 0 Å². The Balaban J connectivity index is 2.41. The van der Waals surface area contributed by atoms with Gasteiger partial charge in [0.25, 0.3) is 0 Å². The van der Waals surface area contributed by atoms with Gasteiger partial charge in [0, 0.05) is 12.1 Å². The molecule has 0 aromatic carbocycles. The number of ether oxygens (including phenoxy) is 2. The molecule has 1 heterocycles. The van der Waals surface area contributed by atoms with Crippen molar-refractivity contribution in [1.82, 2.24) is 5.32 Å². The van der Waals surface area contributed by atoms with Crippen LogP contribution in [0.25, 0.3) is 0 Å². The van der Waals surface area contributed by atoms with Gasteiger partial charge >= 0.3 is 5.97 Å². The molecule has 12 heavy (non-hydrogen) atoms. The van der Waals surface area contributed by atoms with Crippen molar-refractivity contribution in [3.05, 3.63) is 0 Å². The maximum Gasteiger partial charge on any atom is 0.336 e.